The molecule has 1 saturated carbocycles. The minimum Gasteiger partial charge on any atom is -0.496 e. The van der Waals surface area contributed by atoms with Gasteiger partial charge in [-0.15, -0.1) is 0 Å². The van der Waals surface area contributed by atoms with Gasteiger partial charge in [0.2, 0.25) is 0 Å². The molecule has 0 amide bonds. The Kier molecular flexibility index (Phi) is 5.67. The van der Waals surface area contributed by atoms with Crippen LogP contribution in [0.3, 0.4) is 0 Å². The zero-order valence-electron chi connectivity index (χ0n) is 19.6. The van der Waals surface area contributed by atoms with Crippen LogP contribution in [0.4, 0.5) is 0 Å². The van der Waals surface area contributed by atoms with Gasteiger partial charge in [0.1, 0.15) is 5.75 Å². The minimum atomic E-state index is -0.894. The van der Waals surface area contributed by atoms with E-state index in [1.54, 1.807) is 19.2 Å². The lowest BCUT2D eigenvalue weighted by Crippen LogP contribution is -2.60. The van der Waals surface area contributed by atoms with E-state index < -0.39 is 5.97 Å². The van der Waals surface area contributed by atoms with Crippen LogP contribution in [0, 0.1) is 12.8 Å². The van der Waals surface area contributed by atoms with Crippen LogP contribution in [0.25, 0.3) is 10.9 Å². The summed E-state index contributed by atoms with van der Waals surface area (Å²) in [6, 6.07) is 11.7. The average molecular weight is 449 g/mol. The second-order valence-electron chi connectivity index (χ2n) is 9.43. The number of nitrogens with one attached hydrogen (secondary N) is 1. The Hall–Kier alpha value is -2.83. The number of carboxylic acid groups (broad SMARTS) is 1. The summed E-state index contributed by atoms with van der Waals surface area (Å²) in [4.78, 5) is 17.4. The van der Waals surface area contributed by atoms with Crippen LogP contribution in [0.2, 0.25) is 0 Å². The molecule has 174 valence electrons. The van der Waals surface area contributed by atoms with Gasteiger partial charge in [0.05, 0.1) is 18.8 Å². The molecule has 0 spiro atoms. The average Bonchev–Trinajstić information content (AvgIpc) is 3.32. The number of benzene rings is 2. The molecule has 3 atom stereocenters. The molecule has 6 nitrogen and oxygen atoms in total. The number of aromatic carboxylic acids is 1. The first kappa shape index (κ1) is 22.0. The van der Waals surface area contributed by atoms with Crippen molar-refractivity contribution in [2.75, 3.05) is 20.3 Å². The molecule has 3 aliphatic rings. The van der Waals surface area contributed by atoms with Gasteiger partial charge in [-0.3, -0.25) is 4.90 Å². The van der Waals surface area contributed by atoms with Crippen LogP contribution in [-0.2, 0) is 16.8 Å². The fraction of sp³-hybridized carbons (Fsp3) is 0.444. The standard InChI is InChI=1S/C27H32N2O4/c1-4-33-24-14-27(20-7-5-18(6-8-20)26(30)31)11-9-19(24)15-29(27)16-22-21-10-12-28-25(21)17(2)13-23(22)32-3/h5-8,10,12-13,19,24,28H,4,9,11,14-16H2,1-3H3,(H,30,31)/t19-,24-,27-/m1/s1. The number of nitrogens with zero attached hydrogens (tertiary/aromatic N) is 1. The van der Waals surface area contributed by atoms with Gasteiger partial charge in [-0.05, 0) is 74.4 Å². The van der Waals surface area contributed by atoms with Crippen LogP contribution in [-0.4, -0.2) is 47.3 Å². The lowest BCUT2D eigenvalue weighted by molar-refractivity contribution is -0.135. The summed E-state index contributed by atoms with van der Waals surface area (Å²) in [5.74, 6) is 0.525. The highest BCUT2D eigenvalue weighted by Crippen LogP contribution is 2.51. The second-order valence-corrected chi connectivity index (χ2v) is 9.43. The van der Waals surface area contributed by atoms with Crippen LogP contribution < -0.4 is 4.74 Å². The van der Waals surface area contributed by atoms with Gasteiger partial charge in [-0.1, -0.05) is 12.1 Å². The summed E-state index contributed by atoms with van der Waals surface area (Å²) in [5.41, 5.74) is 4.82. The molecule has 0 radical (unpaired) electrons. The third kappa shape index (κ3) is 3.62. The first-order valence-corrected chi connectivity index (χ1v) is 11.8. The molecule has 3 aromatic rings. The van der Waals surface area contributed by atoms with E-state index in [0.717, 1.165) is 43.6 Å². The molecule has 2 aliphatic heterocycles. The molecule has 6 heteroatoms. The van der Waals surface area contributed by atoms with Crippen molar-refractivity contribution in [2.24, 2.45) is 5.92 Å². The molecule has 2 saturated heterocycles. The maximum Gasteiger partial charge on any atom is 0.335 e. The number of fused-ring (bicyclic) bond motifs is 4. The smallest absolute Gasteiger partial charge is 0.335 e. The Balaban J connectivity index is 1.58. The van der Waals surface area contributed by atoms with Gasteiger partial charge in [0.25, 0.3) is 0 Å². The molecule has 1 aromatic heterocycles. The van der Waals surface area contributed by atoms with E-state index in [-0.39, 0.29) is 11.6 Å². The van der Waals surface area contributed by atoms with Gasteiger partial charge in [0, 0.05) is 47.9 Å². The summed E-state index contributed by atoms with van der Waals surface area (Å²) in [7, 11) is 1.74. The third-order valence-corrected chi connectivity index (χ3v) is 7.78. The minimum absolute atomic E-state index is 0.190. The Morgan fingerprint density at radius 3 is 2.76 bits per heavy atom. The summed E-state index contributed by atoms with van der Waals surface area (Å²) in [6.07, 6.45) is 5.30. The van der Waals surface area contributed by atoms with Gasteiger partial charge < -0.3 is 19.6 Å². The second kappa shape index (κ2) is 8.50. The van der Waals surface area contributed by atoms with Crippen molar-refractivity contribution in [2.45, 2.75) is 51.3 Å². The number of H-pyrrole nitrogens is 1. The number of carboxylic acids is 1. The predicted molar refractivity (Wildman–Crippen MR) is 128 cm³/mol. The van der Waals surface area contributed by atoms with Crippen LogP contribution in [0.15, 0.2) is 42.6 Å². The van der Waals surface area contributed by atoms with E-state index in [1.165, 1.54) is 22.1 Å². The number of rotatable bonds is 7. The highest BCUT2D eigenvalue weighted by molar-refractivity contribution is 5.88. The lowest BCUT2D eigenvalue weighted by atomic mass is 9.65. The Morgan fingerprint density at radius 2 is 2.06 bits per heavy atom. The number of methoxy groups -OCH3 is 1. The Bertz CT molecular complexity index is 1170. The number of aryl methyl sites for hydroxylation is 1. The zero-order valence-corrected chi connectivity index (χ0v) is 19.6. The quantitative estimate of drug-likeness (QED) is 0.526. The molecule has 2 bridgehead atoms. The topological polar surface area (TPSA) is 74.8 Å². The molecule has 3 heterocycles. The van der Waals surface area contributed by atoms with Gasteiger partial charge >= 0.3 is 5.97 Å². The van der Waals surface area contributed by atoms with Crippen molar-refractivity contribution in [3.8, 4) is 5.75 Å². The van der Waals surface area contributed by atoms with Crippen LogP contribution in [0.5, 0.6) is 5.75 Å². The van der Waals surface area contributed by atoms with Gasteiger partial charge in [0.15, 0.2) is 0 Å². The maximum absolute atomic E-state index is 11.4. The molecule has 0 unspecified atom stereocenters. The van der Waals surface area contributed by atoms with E-state index in [1.807, 2.05) is 18.3 Å². The molecule has 1 aliphatic carbocycles. The molecule has 3 fully saturated rings. The zero-order chi connectivity index (χ0) is 23.2. The normalized spacial score (nSPS) is 24.9. The van der Waals surface area contributed by atoms with Crippen molar-refractivity contribution >= 4 is 16.9 Å². The number of hydrogen-bond acceptors (Lipinski definition) is 4. The maximum atomic E-state index is 11.4. The summed E-state index contributed by atoms with van der Waals surface area (Å²) >= 11 is 0. The van der Waals surface area contributed by atoms with E-state index in [9.17, 15) is 9.90 Å². The summed E-state index contributed by atoms with van der Waals surface area (Å²) < 4.78 is 12.0. The predicted octanol–water partition coefficient (Wildman–Crippen LogP) is 5.10. The fourth-order valence-electron chi connectivity index (χ4n) is 6.13. The van der Waals surface area contributed by atoms with Crippen molar-refractivity contribution in [3.63, 3.8) is 0 Å². The van der Waals surface area contributed by atoms with Gasteiger partial charge in [-0.2, -0.15) is 0 Å². The monoisotopic (exact) mass is 448 g/mol. The van der Waals surface area contributed by atoms with E-state index in [2.05, 4.69) is 35.9 Å². The van der Waals surface area contributed by atoms with Crippen LogP contribution >= 0.6 is 0 Å². The number of carbonyl (C=O) groups is 1. The molecular formula is C27H32N2O4. The highest BCUT2D eigenvalue weighted by atomic mass is 16.5. The largest absolute Gasteiger partial charge is 0.496 e. The van der Waals surface area contributed by atoms with Crippen LogP contribution in [0.1, 0.15) is 53.2 Å². The van der Waals surface area contributed by atoms with E-state index in [0.29, 0.717) is 18.1 Å². The fourth-order valence-corrected chi connectivity index (χ4v) is 6.13. The Labute approximate surface area is 194 Å². The lowest BCUT2D eigenvalue weighted by Gasteiger charge is -2.58. The number of piperidine rings is 2. The third-order valence-electron chi connectivity index (χ3n) is 7.78. The number of aromatic nitrogens is 1. The molecular weight excluding hydrogens is 416 g/mol. The number of ether oxygens (including phenoxy) is 2. The van der Waals surface area contributed by atoms with E-state index in [4.69, 9.17) is 9.47 Å². The first-order chi connectivity index (χ1) is 16.0. The molecule has 2 N–H and O–H groups in total. The molecule has 33 heavy (non-hydrogen) atoms. The first-order valence-electron chi connectivity index (χ1n) is 11.8. The van der Waals surface area contributed by atoms with Crippen molar-refractivity contribution in [1.29, 1.82) is 0 Å². The Morgan fingerprint density at radius 1 is 1.27 bits per heavy atom. The molecule has 2 aromatic carbocycles. The highest BCUT2D eigenvalue weighted by Gasteiger charge is 2.52. The number of hydrogen-bond donors (Lipinski definition) is 2. The SMILES string of the molecule is CCO[C@@H]1C[C@@]2(c3ccc(C(=O)O)cc3)CC[C@@H]1CN2Cc1c(OC)cc(C)c2[nH]ccc12. The van der Waals surface area contributed by atoms with Crippen molar-refractivity contribution < 1.29 is 19.4 Å². The summed E-state index contributed by atoms with van der Waals surface area (Å²) in [5, 5.41) is 10.6. The number of aromatic amines is 1. The summed E-state index contributed by atoms with van der Waals surface area (Å²) in [6.45, 7) is 6.60. The van der Waals surface area contributed by atoms with E-state index >= 15 is 0 Å². The molecule has 6 rings (SSSR count). The van der Waals surface area contributed by atoms with Crippen molar-refractivity contribution in [1.82, 2.24) is 9.88 Å². The van der Waals surface area contributed by atoms with Crippen molar-refractivity contribution in [3.05, 3.63) is 64.8 Å². The van der Waals surface area contributed by atoms with Gasteiger partial charge in [-0.25, -0.2) is 4.79 Å².